The lowest BCUT2D eigenvalue weighted by atomic mass is 10.0. The van der Waals surface area contributed by atoms with E-state index in [9.17, 15) is 14.4 Å². The monoisotopic (exact) mass is 437 g/mol. The Labute approximate surface area is 186 Å². The molecule has 2 aromatic rings. The molecule has 1 aliphatic rings. The van der Waals surface area contributed by atoms with Crippen LogP contribution in [-0.2, 0) is 14.3 Å². The largest absolute Gasteiger partial charge is 0.464 e. The van der Waals surface area contributed by atoms with Crippen LogP contribution in [0.3, 0.4) is 0 Å². The van der Waals surface area contributed by atoms with Crippen LogP contribution in [0.1, 0.15) is 36.2 Å². The average Bonchev–Trinajstić information content (AvgIpc) is 3.19. The zero-order valence-corrected chi connectivity index (χ0v) is 18.5. The highest BCUT2D eigenvalue weighted by Gasteiger charge is 2.38. The first-order chi connectivity index (χ1) is 15.2. The van der Waals surface area contributed by atoms with Crippen molar-refractivity contribution < 1.29 is 19.1 Å². The topological polar surface area (TPSA) is 126 Å². The Hall–Kier alpha value is -3.88. The van der Waals surface area contributed by atoms with E-state index < -0.39 is 17.9 Å². The first-order valence-corrected chi connectivity index (χ1v) is 10.2. The van der Waals surface area contributed by atoms with Crippen LogP contribution < -0.4 is 21.4 Å². The lowest BCUT2D eigenvalue weighted by Crippen LogP contribution is -2.40. The van der Waals surface area contributed by atoms with E-state index in [1.807, 2.05) is 13.8 Å². The van der Waals surface area contributed by atoms with Gasteiger partial charge in [0.25, 0.3) is 5.91 Å². The number of ether oxygens (including phenoxy) is 1. The fourth-order valence-electron chi connectivity index (χ4n) is 3.44. The van der Waals surface area contributed by atoms with Crippen LogP contribution in [0.4, 0.5) is 17.1 Å². The highest BCUT2D eigenvalue weighted by molar-refractivity contribution is 6.38. The van der Waals surface area contributed by atoms with Crippen molar-refractivity contribution in [2.75, 3.05) is 23.2 Å². The number of nitrogens with zero attached hydrogens (tertiary/aromatic N) is 2. The molecule has 0 aromatic heterocycles. The van der Waals surface area contributed by atoms with Crippen molar-refractivity contribution in [3.63, 3.8) is 0 Å². The van der Waals surface area contributed by atoms with Crippen molar-refractivity contribution in [3.05, 3.63) is 53.6 Å². The summed E-state index contributed by atoms with van der Waals surface area (Å²) in [4.78, 5) is 38.1. The summed E-state index contributed by atoms with van der Waals surface area (Å²) in [5.74, 6) is -1.34. The number of para-hydroxylation sites is 3. The number of anilines is 3. The predicted octanol–water partition coefficient (Wildman–Crippen LogP) is 2.46. The Balaban J connectivity index is 1.94. The number of nitrogens with one attached hydrogen (secondary N) is 2. The normalized spacial score (nSPS) is 15.3. The Morgan fingerprint density at radius 1 is 1.16 bits per heavy atom. The summed E-state index contributed by atoms with van der Waals surface area (Å²) in [6.45, 7) is 5.52. The summed E-state index contributed by atoms with van der Waals surface area (Å²) in [5, 5.41) is 11.4. The zero-order chi connectivity index (χ0) is 23.4. The highest BCUT2D eigenvalue weighted by Crippen LogP contribution is 2.31. The summed E-state index contributed by atoms with van der Waals surface area (Å²) in [7, 11) is 1.26. The van der Waals surface area contributed by atoms with Gasteiger partial charge < -0.3 is 21.1 Å². The molecule has 9 nitrogen and oxygen atoms in total. The van der Waals surface area contributed by atoms with Gasteiger partial charge >= 0.3 is 5.97 Å². The van der Waals surface area contributed by atoms with Crippen LogP contribution in [-0.4, -0.2) is 42.7 Å². The summed E-state index contributed by atoms with van der Waals surface area (Å²) < 4.78 is 4.79. The second-order valence-corrected chi connectivity index (χ2v) is 7.78. The first kappa shape index (κ1) is 22.8. The Morgan fingerprint density at radius 3 is 2.53 bits per heavy atom. The number of carbonyl (C=O) groups is 3. The molecular formula is C23H27N5O4. The molecule has 2 amide bonds. The third-order valence-electron chi connectivity index (χ3n) is 5.00. The SMILES string of the molecule is COC(=O)C1=NN(c2ccccc2N)C(C(=O)Nc2c(C)cccc2C(=O)NC(C)C)C1. The number of esters is 1. The van der Waals surface area contributed by atoms with Gasteiger partial charge in [-0.05, 0) is 44.5 Å². The van der Waals surface area contributed by atoms with Gasteiger partial charge in [0.1, 0.15) is 11.8 Å². The zero-order valence-electron chi connectivity index (χ0n) is 18.5. The van der Waals surface area contributed by atoms with Gasteiger partial charge in [-0.2, -0.15) is 5.10 Å². The van der Waals surface area contributed by atoms with E-state index in [2.05, 4.69) is 15.7 Å². The lowest BCUT2D eigenvalue weighted by Gasteiger charge is -2.25. The minimum absolute atomic E-state index is 0.0340. The van der Waals surface area contributed by atoms with Crippen LogP contribution in [0.5, 0.6) is 0 Å². The molecule has 2 aromatic carbocycles. The third kappa shape index (κ3) is 4.72. The molecule has 0 bridgehead atoms. The van der Waals surface area contributed by atoms with Gasteiger partial charge in [0.15, 0.2) is 0 Å². The Bertz CT molecular complexity index is 1080. The number of amides is 2. The Kier molecular flexibility index (Phi) is 6.77. The van der Waals surface area contributed by atoms with Crippen molar-refractivity contribution >= 4 is 40.6 Å². The molecule has 0 fully saturated rings. The van der Waals surface area contributed by atoms with E-state index in [4.69, 9.17) is 10.5 Å². The summed E-state index contributed by atoms with van der Waals surface area (Å²) in [6, 6.07) is 11.2. The number of nitrogen functional groups attached to an aromatic ring is 1. The molecule has 1 heterocycles. The van der Waals surface area contributed by atoms with Crippen LogP contribution in [0.15, 0.2) is 47.6 Å². The molecular weight excluding hydrogens is 410 g/mol. The number of hydrogen-bond donors (Lipinski definition) is 3. The van der Waals surface area contributed by atoms with Gasteiger partial charge in [-0.3, -0.25) is 14.6 Å². The number of benzene rings is 2. The third-order valence-corrected chi connectivity index (χ3v) is 5.00. The molecule has 9 heteroatoms. The second kappa shape index (κ2) is 9.51. The van der Waals surface area contributed by atoms with Crippen molar-refractivity contribution in [1.29, 1.82) is 0 Å². The average molecular weight is 438 g/mol. The minimum atomic E-state index is -0.852. The molecule has 0 saturated carbocycles. The molecule has 168 valence electrons. The van der Waals surface area contributed by atoms with Crippen LogP contribution in [0.2, 0.25) is 0 Å². The number of rotatable bonds is 6. The minimum Gasteiger partial charge on any atom is -0.464 e. The number of aryl methyl sites for hydroxylation is 1. The summed E-state index contributed by atoms with van der Waals surface area (Å²) in [6.07, 6.45) is 0.0340. The van der Waals surface area contributed by atoms with E-state index in [1.165, 1.54) is 12.1 Å². The molecule has 4 N–H and O–H groups in total. The number of hydrazone groups is 1. The van der Waals surface area contributed by atoms with E-state index in [1.54, 1.807) is 49.4 Å². The van der Waals surface area contributed by atoms with Crippen LogP contribution in [0, 0.1) is 6.92 Å². The molecule has 0 radical (unpaired) electrons. The fraction of sp³-hybridized carbons (Fsp3) is 0.304. The quantitative estimate of drug-likeness (QED) is 0.471. The van der Waals surface area contributed by atoms with E-state index in [0.717, 1.165) is 5.56 Å². The highest BCUT2D eigenvalue weighted by atomic mass is 16.5. The molecule has 0 spiro atoms. The van der Waals surface area contributed by atoms with Gasteiger partial charge in [-0.15, -0.1) is 0 Å². The van der Waals surface area contributed by atoms with E-state index >= 15 is 0 Å². The van der Waals surface area contributed by atoms with Crippen LogP contribution in [0.25, 0.3) is 0 Å². The van der Waals surface area contributed by atoms with Crippen molar-refractivity contribution in [1.82, 2.24) is 5.32 Å². The lowest BCUT2D eigenvalue weighted by molar-refractivity contribution is -0.132. The predicted molar refractivity (Wildman–Crippen MR) is 124 cm³/mol. The molecule has 1 unspecified atom stereocenters. The van der Waals surface area contributed by atoms with Gasteiger partial charge in [0.2, 0.25) is 5.91 Å². The van der Waals surface area contributed by atoms with Crippen LogP contribution >= 0.6 is 0 Å². The van der Waals surface area contributed by atoms with Gasteiger partial charge in [-0.25, -0.2) is 4.79 Å². The van der Waals surface area contributed by atoms with Gasteiger partial charge in [0, 0.05) is 12.5 Å². The maximum Gasteiger partial charge on any atom is 0.354 e. The van der Waals surface area contributed by atoms with Gasteiger partial charge in [-0.1, -0.05) is 24.3 Å². The smallest absolute Gasteiger partial charge is 0.354 e. The first-order valence-electron chi connectivity index (χ1n) is 10.2. The molecule has 0 aliphatic carbocycles. The van der Waals surface area contributed by atoms with Crippen molar-refractivity contribution in [2.45, 2.75) is 39.3 Å². The van der Waals surface area contributed by atoms with Crippen molar-refractivity contribution in [3.8, 4) is 0 Å². The van der Waals surface area contributed by atoms with Crippen molar-refractivity contribution in [2.24, 2.45) is 5.10 Å². The van der Waals surface area contributed by atoms with E-state index in [0.29, 0.717) is 22.6 Å². The molecule has 1 aliphatic heterocycles. The molecule has 1 atom stereocenters. The molecule has 3 rings (SSSR count). The van der Waals surface area contributed by atoms with E-state index in [-0.39, 0.29) is 24.1 Å². The molecule has 32 heavy (non-hydrogen) atoms. The summed E-state index contributed by atoms with van der Waals surface area (Å²) in [5.41, 5.74) is 8.59. The second-order valence-electron chi connectivity index (χ2n) is 7.78. The summed E-state index contributed by atoms with van der Waals surface area (Å²) >= 11 is 0. The Morgan fingerprint density at radius 2 is 1.88 bits per heavy atom. The number of hydrogen-bond acceptors (Lipinski definition) is 7. The number of methoxy groups -OCH3 is 1. The number of carbonyl (C=O) groups excluding carboxylic acids is 3. The molecule has 0 saturated heterocycles. The number of nitrogens with two attached hydrogens (primary N) is 1. The van der Waals surface area contributed by atoms with Gasteiger partial charge in [0.05, 0.1) is 29.7 Å². The maximum absolute atomic E-state index is 13.4. The maximum atomic E-state index is 13.4. The fourth-order valence-corrected chi connectivity index (χ4v) is 3.44. The standard InChI is InChI=1S/C23H27N5O4/c1-13(2)25-21(29)15-9-7-8-14(3)20(15)26-22(30)19-12-17(23(31)32-4)27-28(19)18-11-6-5-10-16(18)24/h5-11,13,19H,12,24H2,1-4H3,(H,25,29)(H,26,30).